The molecule has 3 aromatic carbocycles. The van der Waals surface area contributed by atoms with Gasteiger partial charge in [0.05, 0.1) is 5.56 Å². The minimum atomic E-state index is -4.31. The highest BCUT2D eigenvalue weighted by molar-refractivity contribution is 5.64. The van der Waals surface area contributed by atoms with Crippen molar-refractivity contribution in [2.24, 2.45) is 0 Å². The molecule has 0 saturated carbocycles. The highest BCUT2D eigenvalue weighted by Gasteiger charge is 2.30. The van der Waals surface area contributed by atoms with Gasteiger partial charge in [0, 0.05) is 18.3 Å². The zero-order valence-electron chi connectivity index (χ0n) is 20.2. The molecule has 0 N–H and O–H groups in total. The molecule has 0 bridgehead atoms. The number of nitrogens with zero attached hydrogens (tertiary/aromatic N) is 1. The molecule has 182 valence electrons. The molecule has 1 fully saturated rings. The Labute approximate surface area is 206 Å². The number of allylic oxidation sites excluding steroid dienone is 2. The Bertz CT molecular complexity index is 1160. The van der Waals surface area contributed by atoms with Gasteiger partial charge < -0.3 is 4.90 Å². The first-order chi connectivity index (χ1) is 16.8. The van der Waals surface area contributed by atoms with Crippen LogP contribution < -0.4 is 0 Å². The Balaban J connectivity index is 1.32. The summed E-state index contributed by atoms with van der Waals surface area (Å²) in [6, 6.07) is 22.6. The summed E-state index contributed by atoms with van der Waals surface area (Å²) in [5.41, 5.74) is 6.15. The van der Waals surface area contributed by atoms with E-state index in [0.717, 1.165) is 61.9 Å². The Kier molecular flexibility index (Phi) is 7.80. The van der Waals surface area contributed by atoms with Gasteiger partial charge in [-0.15, -0.1) is 0 Å². The molecule has 1 saturated heterocycles. The minimum Gasteiger partial charge on any atom is -0.369 e. The molecule has 1 heterocycles. The monoisotopic (exact) mass is 475 g/mol. The molecule has 1 atom stereocenters. The first-order valence-electron chi connectivity index (χ1n) is 12.2. The van der Waals surface area contributed by atoms with Crippen LogP contribution in [0, 0.1) is 6.92 Å². The zero-order valence-corrected chi connectivity index (χ0v) is 20.2. The molecule has 4 rings (SSSR count). The molecule has 1 unspecified atom stereocenters. The lowest BCUT2D eigenvalue weighted by Gasteiger charge is -2.25. The summed E-state index contributed by atoms with van der Waals surface area (Å²) in [7, 11) is 0. The average Bonchev–Trinajstić information content (AvgIpc) is 3.20. The molecule has 3 aromatic rings. The van der Waals surface area contributed by atoms with E-state index in [2.05, 4.69) is 67.0 Å². The van der Waals surface area contributed by atoms with E-state index >= 15 is 0 Å². The third-order valence-corrected chi connectivity index (χ3v) is 6.73. The van der Waals surface area contributed by atoms with E-state index in [9.17, 15) is 13.2 Å². The molecule has 0 aromatic heterocycles. The van der Waals surface area contributed by atoms with E-state index < -0.39 is 11.7 Å². The van der Waals surface area contributed by atoms with Crippen molar-refractivity contribution in [3.05, 3.63) is 119 Å². The van der Waals surface area contributed by atoms with Gasteiger partial charge in [0.2, 0.25) is 0 Å². The molecule has 0 amide bonds. The lowest BCUT2D eigenvalue weighted by Crippen LogP contribution is -2.28. The number of hydrogen-bond donors (Lipinski definition) is 0. The fourth-order valence-electron chi connectivity index (χ4n) is 4.64. The molecule has 1 nitrogen and oxygen atoms in total. The van der Waals surface area contributed by atoms with Gasteiger partial charge in [0.15, 0.2) is 0 Å². The van der Waals surface area contributed by atoms with Crippen LogP contribution >= 0.6 is 0 Å². The highest BCUT2D eigenvalue weighted by atomic mass is 19.4. The molecule has 4 heteroatoms. The maximum absolute atomic E-state index is 12.8. The predicted octanol–water partition coefficient (Wildman–Crippen LogP) is 8.39. The fourth-order valence-corrected chi connectivity index (χ4v) is 4.64. The molecular weight excluding hydrogens is 443 g/mol. The summed E-state index contributed by atoms with van der Waals surface area (Å²) >= 11 is 0. The molecule has 1 aliphatic rings. The van der Waals surface area contributed by atoms with Crippen molar-refractivity contribution in [3.63, 3.8) is 0 Å². The van der Waals surface area contributed by atoms with Gasteiger partial charge in [-0.2, -0.15) is 13.2 Å². The largest absolute Gasteiger partial charge is 0.416 e. The predicted molar refractivity (Wildman–Crippen MR) is 138 cm³/mol. The molecule has 0 aliphatic carbocycles. The first kappa shape index (κ1) is 24.8. The maximum atomic E-state index is 12.8. The van der Waals surface area contributed by atoms with Gasteiger partial charge in [-0.05, 0) is 73.4 Å². The quantitative estimate of drug-likeness (QED) is 0.296. The van der Waals surface area contributed by atoms with E-state index in [0.29, 0.717) is 6.04 Å². The van der Waals surface area contributed by atoms with Crippen LogP contribution in [0.5, 0.6) is 0 Å². The first-order valence-corrected chi connectivity index (χ1v) is 12.2. The van der Waals surface area contributed by atoms with Crippen molar-refractivity contribution in [1.29, 1.82) is 0 Å². The van der Waals surface area contributed by atoms with Crippen molar-refractivity contribution < 1.29 is 13.2 Å². The van der Waals surface area contributed by atoms with Crippen molar-refractivity contribution in [2.75, 3.05) is 6.54 Å². The topological polar surface area (TPSA) is 3.24 Å². The van der Waals surface area contributed by atoms with Crippen molar-refractivity contribution >= 4 is 0 Å². The van der Waals surface area contributed by atoms with Crippen LogP contribution in [0.3, 0.4) is 0 Å². The number of benzene rings is 3. The summed E-state index contributed by atoms with van der Waals surface area (Å²) in [6.45, 7) is 7.36. The Hall–Kier alpha value is -3.27. The number of rotatable bonds is 8. The van der Waals surface area contributed by atoms with Gasteiger partial charge in [-0.1, -0.05) is 85.0 Å². The SMILES string of the molecule is C=C1CCC(/C=C/CCc2cccc(-c3ccc(C(F)(F)F)cc3)c2)N1CCc1ccc(C)cc1. The zero-order chi connectivity index (χ0) is 24.8. The summed E-state index contributed by atoms with van der Waals surface area (Å²) < 4.78 is 38.5. The van der Waals surface area contributed by atoms with Crippen LogP contribution in [0.2, 0.25) is 0 Å². The van der Waals surface area contributed by atoms with E-state index in [4.69, 9.17) is 0 Å². The normalized spacial score (nSPS) is 16.4. The van der Waals surface area contributed by atoms with Gasteiger partial charge in [-0.25, -0.2) is 0 Å². The van der Waals surface area contributed by atoms with Crippen LogP contribution in [0.1, 0.15) is 41.5 Å². The number of alkyl halides is 3. The molecule has 1 aliphatic heterocycles. The summed E-state index contributed by atoms with van der Waals surface area (Å²) in [5.74, 6) is 0. The lowest BCUT2D eigenvalue weighted by molar-refractivity contribution is -0.137. The second kappa shape index (κ2) is 11.0. The van der Waals surface area contributed by atoms with E-state index in [1.54, 1.807) is 12.1 Å². The van der Waals surface area contributed by atoms with Crippen LogP contribution in [0.15, 0.2) is 97.2 Å². The second-order valence-electron chi connectivity index (χ2n) is 9.34. The second-order valence-corrected chi connectivity index (χ2v) is 9.34. The van der Waals surface area contributed by atoms with Gasteiger partial charge in [-0.3, -0.25) is 0 Å². The van der Waals surface area contributed by atoms with Crippen molar-refractivity contribution in [3.8, 4) is 11.1 Å². The molecule has 0 radical (unpaired) electrons. The fraction of sp³-hybridized carbons (Fsp3) is 0.290. The van der Waals surface area contributed by atoms with Gasteiger partial charge in [0.25, 0.3) is 0 Å². The van der Waals surface area contributed by atoms with Crippen LogP contribution in [-0.4, -0.2) is 17.5 Å². The minimum absolute atomic E-state index is 0.395. The Morgan fingerprint density at radius 3 is 2.37 bits per heavy atom. The van der Waals surface area contributed by atoms with Crippen LogP contribution in [0.25, 0.3) is 11.1 Å². The van der Waals surface area contributed by atoms with E-state index in [1.807, 2.05) is 12.1 Å². The molecular formula is C31H32F3N. The number of halogens is 3. The third-order valence-electron chi connectivity index (χ3n) is 6.73. The standard InChI is InChI=1S/C31H32F3N/c1-23-10-13-25(14-11-23)20-21-35-24(2)12-19-30(35)9-4-3-6-26-7-5-8-28(22-26)27-15-17-29(18-16-27)31(32,33)34/h4-5,7-11,13-18,22,30H,2-3,6,12,19-21H2,1H3/b9-4+. The average molecular weight is 476 g/mol. The summed E-state index contributed by atoms with van der Waals surface area (Å²) in [4.78, 5) is 2.43. The number of aryl methyl sites for hydroxylation is 2. The third kappa shape index (κ3) is 6.66. The van der Waals surface area contributed by atoms with Gasteiger partial charge >= 0.3 is 6.18 Å². The smallest absolute Gasteiger partial charge is 0.369 e. The lowest BCUT2D eigenvalue weighted by atomic mass is 9.99. The van der Waals surface area contributed by atoms with Crippen molar-refractivity contribution in [1.82, 2.24) is 4.90 Å². The number of likely N-dealkylation sites (tertiary alicyclic amines) is 1. The van der Waals surface area contributed by atoms with Crippen molar-refractivity contribution in [2.45, 2.75) is 51.2 Å². The maximum Gasteiger partial charge on any atom is 0.416 e. The van der Waals surface area contributed by atoms with Gasteiger partial charge in [0.1, 0.15) is 0 Å². The highest BCUT2D eigenvalue weighted by Crippen LogP contribution is 2.31. The van der Waals surface area contributed by atoms with E-state index in [1.165, 1.54) is 22.4 Å². The number of hydrogen-bond acceptors (Lipinski definition) is 1. The van der Waals surface area contributed by atoms with Crippen LogP contribution in [0.4, 0.5) is 13.2 Å². The summed E-state index contributed by atoms with van der Waals surface area (Å²) in [5, 5.41) is 0. The Morgan fingerprint density at radius 1 is 0.914 bits per heavy atom. The molecule has 35 heavy (non-hydrogen) atoms. The molecule has 0 spiro atoms. The van der Waals surface area contributed by atoms with Crippen LogP contribution in [-0.2, 0) is 19.0 Å². The Morgan fingerprint density at radius 2 is 1.66 bits per heavy atom. The summed E-state index contributed by atoms with van der Waals surface area (Å²) in [6.07, 6.45) is 5.23. The van der Waals surface area contributed by atoms with E-state index in [-0.39, 0.29) is 0 Å².